The number of aromatic nitrogens is 2. The molecule has 1 aromatic carbocycles. The van der Waals surface area contributed by atoms with E-state index in [1.54, 1.807) is 0 Å². The van der Waals surface area contributed by atoms with E-state index in [4.69, 9.17) is 0 Å². The highest BCUT2D eigenvalue weighted by atomic mass is 15.1. The van der Waals surface area contributed by atoms with Crippen LogP contribution in [0.25, 0.3) is 0 Å². The van der Waals surface area contributed by atoms with Crippen LogP contribution in [0.3, 0.4) is 0 Å². The van der Waals surface area contributed by atoms with Gasteiger partial charge < -0.3 is 9.88 Å². The van der Waals surface area contributed by atoms with Crippen molar-refractivity contribution in [2.45, 2.75) is 38.9 Å². The Morgan fingerprint density at radius 3 is 2.72 bits per heavy atom. The smallest absolute Gasteiger partial charge is 0.0951 e. The van der Waals surface area contributed by atoms with Crippen molar-refractivity contribution in [3.8, 4) is 0 Å². The number of hydrogen-bond donors (Lipinski definition) is 1. The van der Waals surface area contributed by atoms with Gasteiger partial charge in [-0.05, 0) is 25.3 Å². The molecule has 0 unspecified atom stereocenters. The second-order valence-corrected chi connectivity index (χ2v) is 5.11. The topological polar surface area (TPSA) is 29.9 Å². The zero-order chi connectivity index (χ0) is 12.4. The van der Waals surface area contributed by atoms with Crippen molar-refractivity contribution < 1.29 is 0 Å². The summed E-state index contributed by atoms with van der Waals surface area (Å²) in [4.78, 5) is 4.24. The van der Waals surface area contributed by atoms with E-state index in [2.05, 4.69) is 46.1 Å². The zero-order valence-electron chi connectivity index (χ0n) is 10.8. The Balaban J connectivity index is 1.55. The maximum atomic E-state index is 4.24. The molecule has 2 aromatic rings. The molecule has 0 amide bonds. The van der Waals surface area contributed by atoms with Crippen LogP contribution in [0.1, 0.15) is 35.7 Å². The van der Waals surface area contributed by atoms with Crippen molar-refractivity contribution in [2.24, 2.45) is 0 Å². The molecule has 3 nitrogen and oxygen atoms in total. The number of imidazole rings is 1. The third kappa shape index (κ3) is 2.62. The van der Waals surface area contributed by atoms with Crippen LogP contribution in [0.15, 0.2) is 36.8 Å². The Morgan fingerprint density at radius 1 is 1.22 bits per heavy atom. The first-order chi connectivity index (χ1) is 8.83. The van der Waals surface area contributed by atoms with Crippen LogP contribution < -0.4 is 5.32 Å². The second-order valence-electron chi connectivity index (χ2n) is 5.11. The van der Waals surface area contributed by atoms with Crippen molar-refractivity contribution in [1.82, 2.24) is 14.9 Å². The Hall–Kier alpha value is -1.61. The van der Waals surface area contributed by atoms with Gasteiger partial charge in [-0.2, -0.15) is 0 Å². The summed E-state index contributed by atoms with van der Waals surface area (Å²) >= 11 is 0. The molecule has 18 heavy (non-hydrogen) atoms. The predicted octanol–water partition coefficient (Wildman–Crippen LogP) is 2.82. The lowest BCUT2D eigenvalue weighted by Crippen LogP contribution is -2.15. The minimum Gasteiger partial charge on any atom is -0.330 e. The molecule has 0 aliphatic heterocycles. The summed E-state index contributed by atoms with van der Waals surface area (Å²) in [6.07, 6.45) is 6.55. The second kappa shape index (κ2) is 4.94. The molecule has 0 bridgehead atoms. The summed E-state index contributed by atoms with van der Waals surface area (Å²) in [6, 6.07) is 9.39. The number of aryl methyl sites for hydroxylation is 1. The predicted molar refractivity (Wildman–Crippen MR) is 72.2 cm³/mol. The fraction of sp³-hybridized carbons (Fsp3) is 0.400. The van der Waals surface area contributed by atoms with E-state index in [-0.39, 0.29) is 0 Å². The van der Waals surface area contributed by atoms with Crippen molar-refractivity contribution in [2.75, 3.05) is 0 Å². The summed E-state index contributed by atoms with van der Waals surface area (Å²) in [7, 11) is 0. The standard InChI is InChI=1S/C15H19N3/c1-12-2-4-13(5-3-12)8-16-9-15-10-17-11-18(15)14-6-7-14/h2-5,10-11,14,16H,6-9H2,1H3. The molecule has 3 heteroatoms. The molecule has 1 aromatic heterocycles. The van der Waals surface area contributed by atoms with Gasteiger partial charge in [0.1, 0.15) is 0 Å². The zero-order valence-corrected chi connectivity index (χ0v) is 10.8. The average molecular weight is 241 g/mol. The highest BCUT2D eigenvalue weighted by molar-refractivity contribution is 5.21. The van der Waals surface area contributed by atoms with Crippen LogP contribution in [-0.4, -0.2) is 9.55 Å². The molecule has 0 atom stereocenters. The summed E-state index contributed by atoms with van der Waals surface area (Å²) in [5.41, 5.74) is 3.94. The Labute approximate surface area is 108 Å². The quantitative estimate of drug-likeness (QED) is 0.872. The van der Waals surface area contributed by atoms with Gasteiger partial charge in [0.25, 0.3) is 0 Å². The van der Waals surface area contributed by atoms with Crippen LogP contribution in [0.5, 0.6) is 0 Å². The van der Waals surface area contributed by atoms with Crippen molar-refractivity contribution in [3.05, 3.63) is 53.6 Å². The molecule has 0 spiro atoms. The summed E-state index contributed by atoms with van der Waals surface area (Å²) in [6.45, 7) is 3.92. The Kier molecular flexibility index (Phi) is 3.15. The van der Waals surface area contributed by atoms with Crippen LogP contribution in [0.2, 0.25) is 0 Å². The molecule has 0 saturated heterocycles. The number of hydrogen-bond acceptors (Lipinski definition) is 2. The monoisotopic (exact) mass is 241 g/mol. The lowest BCUT2D eigenvalue weighted by Gasteiger charge is -2.08. The largest absolute Gasteiger partial charge is 0.330 e. The first-order valence-corrected chi connectivity index (χ1v) is 6.60. The molecule has 0 radical (unpaired) electrons. The van der Waals surface area contributed by atoms with Gasteiger partial charge in [-0.1, -0.05) is 29.8 Å². The molecule has 1 N–H and O–H groups in total. The fourth-order valence-corrected chi connectivity index (χ4v) is 2.19. The van der Waals surface area contributed by atoms with Crippen molar-refractivity contribution >= 4 is 0 Å². The van der Waals surface area contributed by atoms with Gasteiger partial charge >= 0.3 is 0 Å². The molecule has 1 fully saturated rings. The third-order valence-corrected chi connectivity index (χ3v) is 3.44. The van der Waals surface area contributed by atoms with E-state index in [0.717, 1.165) is 13.1 Å². The van der Waals surface area contributed by atoms with E-state index in [9.17, 15) is 0 Å². The minimum absolute atomic E-state index is 0.712. The van der Waals surface area contributed by atoms with E-state index < -0.39 is 0 Å². The first-order valence-electron chi connectivity index (χ1n) is 6.60. The molecule has 94 valence electrons. The number of rotatable bonds is 5. The molecule has 1 heterocycles. The molecular weight excluding hydrogens is 222 g/mol. The van der Waals surface area contributed by atoms with Gasteiger partial charge in [0, 0.05) is 25.3 Å². The van der Waals surface area contributed by atoms with Gasteiger partial charge in [0.15, 0.2) is 0 Å². The molecule has 1 aliphatic carbocycles. The minimum atomic E-state index is 0.712. The highest BCUT2D eigenvalue weighted by Gasteiger charge is 2.24. The van der Waals surface area contributed by atoms with E-state index in [1.165, 1.54) is 29.7 Å². The van der Waals surface area contributed by atoms with Gasteiger partial charge in [-0.25, -0.2) is 4.98 Å². The Bertz CT molecular complexity index is 509. The molecular formula is C15H19N3. The van der Waals surface area contributed by atoms with Gasteiger partial charge in [-0.3, -0.25) is 0 Å². The molecule has 1 saturated carbocycles. The van der Waals surface area contributed by atoms with Gasteiger partial charge in [0.2, 0.25) is 0 Å². The molecule has 3 rings (SSSR count). The van der Waals surface area contributed by atoms with E-state index in [0.29, 0.717) is 6.04 Å². The van der Waals surface area contributed by atoms with Gasteiger partial charge in [0.05, 0.1) is 12.0 Å². The van der Waals surface area contributed by atoms with Crippen LogP contribution in [0.4, 0.5) is 0 Å². The maximum Gasteiger partial charge on any atom is 0.0951 e. The van der Waals surface area contributed by atoms with E-state index in [1.807, 2.05) is 12.5 Å². The normalized spacial score (nSPS) is 14.9. The third-order valence-electron chi connectivity index (χ3n) is 3.44. The first kappa shape index (κ1) is 11.5. The number of nitrogens with one attached hydrogen (secondary N) is 1. The summed E-state index contributed by atoms with van der Waals surface area (Å²) < 4.78 is 2.31. The molecule has 1 aliphatic rings. The SMILES string of the molecule is Cc1ccc(CNCc2cncn2C2CC2)cc1. The average Bonchev–Trinajstić information content (AvgIpc) is 3.12. The Morgan fingerprint density at radius 2 is 2.00 bits per heavy atom. The number of benzene rings is 1. The van der Waals surface area contributed by atoms with Gasteiger partial charge in [-0.15, -0.1) is 0 Å². The van der Waals surface area contributed by atoms with Crippen molar-refractivity contribution in [3.63, 3.8) is 0 Å². The van der Waals surface area contributed by atoms with E-state index >= 15 is 0 Å². The fourth-order valence-electron chi connectivity index (χ4n) is 2.19. The van der Waals surface area contributed by atoms with Crippen LogP contribution in [-0.2, 0) is 13.1 Å². The maximum absolute atomic E-state index is 4.24. The lowest BCUT2D eigenvalue weighted by atomic mass is 10.1. The summed E-state index contributed by atoms with van der Waals surface area (Å²) in [5.74, 6) is 0. The number of nitrogens with zero attached hydrogens (tertiary/aromatic N) is 2. The van der Waals surface area contributed by atoms with Crippen molar-refractivity contribution in [1.29, 1.82) is 0 Å². The highest BCUT2D eigenvalue weighted by Crippen LogP contribution is 2.35. The summed E-state index contributed by atoms with van der Waals surface area (Å²) in [5, 5.41) is 3.49. The van der Waals surface area contributed by atoms with Crippen LogP contribution >= 0.6 is 0 Å². The van der Waals surface area contributed by atoms with Crippen LogP contribution in [0, 0.1) is 6.92 Å². The lowest BCUT2D eigenvalue weighted by molar-refractivity contribution is 0.621.